The Morgan fingerprint density at radius 2 is 1.51 bits per heavy atom. The summed E-state index contributed by atoms with van der Waals surface area (Å²) in [6, 6.07) is 35.8. The predicted molar refractivity (Wildman–Crippen MR) is 177 cm³/mol. The molecule has 0 saturated heterocycles. The van der Waals surface area contributed by atoms with Crippen LogP contribution in [0.2, 0.25) is 0 Å². The number of amides is 2. The quantitative estimate of drug-likeness (QED) is 0.183. The second-order valence-electron chi connectivity index (χ2n) is 11.4. The molecule has 0 fully saturated rings. The van der Waals surface area contributed by atoms with Gasteiger partial charge in [-0.1, -0.05) is 97.1 Å². The summed E-state index contributed by atoms with van der Waals surface area (Å²) in [5.41, 5.74) is 6.82. The van der Waals surface area contributed by atoms with Gasteiger partial charge in [0, 0.05) is 36.1 Å². The zero-order chi connectivity index (χ0) is 31.8. The Hall–Kier alpha value is -4.97. The van der Waals surface area contributed by atoms with Gasteiger partial charge < -0.3 is 15.0 Å². The largest absolute Gasteiger partial charge is 0.463 e. The molecule has 4 aromatic carbocycles. The number of hydrogen-bond donors (Lipinski definition) is 1. The van der Waals surface area contributed by atoms with Gasteiger partial charge in [-0.15, -0.1) is 0 Å². The molecular formula is C39H40N2O4. The van der Waals surface area contributed by atoms with E-state index in [1.807, 2.05) is 85.8 Å². The van der Waals surface area contributed by atoms with Crippen molar-refractivity contribution in [3.8, 4) is 0 Å². The smallest absolute Gasteiger partial charge is 0.336 e. The maximum Gasteiger partial charge on any atom is 0.336 e. The molecule has 0 unspecified atom stereocenters. The number of carbonyl (C=O) groups excluding carboxylic acids is 3. The number of hydrogen-bond acceptors (Lipinski definition) is 4. The highest BCUT2D eigenvalue weighted by Gasteiger charge is 2.37. The van der Waals surface area contributed by atoms with Crippen molar-refractivity contribution >= 4 is 17.8 Å². The van der Waals surface area contributed by atoms with Gasteiger partial charge >= 0.3 is 5.97 Å². The predicted octanol–water partition coefficient (Wildman–Crippen LogP) is 7.30. The van der Waals surface area contributed by atoms with E-state index in [1.54, 1.807) is 24.8 Å². The summed E-state index contributed by atoms with van der Waals surface area (Å²) >= 11 is 0. The molecule has 0 radical (unpaired) electrons. The van der Waals surface area contributed by atoms with Gasteiger partial charge in [0.2, 0.25) is 5.91 Å². The van der Waals surface area contributed by atoms with E-state index in [4.69, 9.17) is 4.74 Å². The first-order valence-corrected chi connectivity index (χ1v) is 15.6. The number of ether oxygens (including phenoxy) is 1. The molecule has 45 heavy (non-hydrogen) atoms. The number of esters is 1. The molecule has 5 rings (SSSR count). The Labute approximate surface area is 265 Å². The third-order valence-corrected chi connectivity index (χ3v) is 8.53. The van der Waals surface area contributed by atoms with Crippen LogP contribution in [0.4, 0.5) is 0 Å². The van der Waals surface area contributed by atoms with E-state index in [0.717, 1.165) is 23.1 Å². The van der Waals surface area contributed by atoms with E-state index < -0.39 is 5.97 Å². The van der Waals surface area contributed by atoms with Crippen molar-refractivity contribution in [2.75, 3.05) is 13.2 Å². The zero-order valence-corrected chi connectivity index (χ0v) is 26.2. The molecule has 230 valence electrons. The van der Waals surface area contributed by atoms with E-state index in [-0.39, 0.29) is 43.2 Å². The van der Waals surface area contributed by atoms with Crippen molar-refractivity contribution in [2.24, 2.45) is 0 Å². The lowest BCUT2D eigenvalue weighted by atomic mass is 9.81. The highest BCUT2D eigenvalue weighted by molar-refractivity contribution is 5.96. The minimum absolute atomic E-state index is 0.0727. The van der Waals surface area contributed by atoms with Crippen LogP contribution in [0.3, 0.4) is 0 Å². The first kappa shape index (κ1) is 31.5. The van der Waals surface area contributed by atoms with Gasteiger partial charge in [-0.05, 0) is 67.1 Å². The molecule has 6 heteroatoms. The van der Waals surface area contributed by atoms with Crippen LogP contribution in [0.5, 0.6) is 0 Å². The fourth-order valence-electron chi connectivity index (χ4n) is 6.24. The molecule has 4 aromatic rings. The molecule has 2 amide bonds. The lowest BCUT2D eigenvalue weighted by Gasteiger charge is -2.35. The van der Waals surface area contributed by atoms with E-state index in [1.165, 1.54) is 11.1 Å². The van der Waals surface area contributed by atoms with Crippen LogP contribution in [-0.4, -0.2) is 35.8 Å². The highest BCUT2D eigenvalue weighted by atomic mass is 16.5. The summed E-state index contributed by atoms with van der Waals surface area (Å²) in [5, 5.41) is 3.09. The van der Waals surface area contributed by atoms with Crippen molar-refractivity contribution in [2.45, 2.75) is 52.0 Å². The summed E-state index contributed by atoms with van der Waals surface area (Å²) in [5.74, 6) is -0.854. The van der Waals surface area contributed by atoms with Crippen LogP contribution in [-0.2, 0) is 20.9 Å². The van der Waals surface area contributed by atoms with Crippen molar-refractivity contribution in [3.05, 3.63) is 154 Å². The second-order valence-corrected chi connectivity index (χ2v) is 11.4. The topological polar surface area (TPSA) is 75.7 Å². The fraction of sp³-hybridized carbons (Fsp3) is 0.256. The second kappa shape index (κ2) is 14.7. The molecule has 1 atom stereocenters. The van der Waals surface area contributed by atoms with Crippen LogP contribution >= 0.6 is 0 Å². The average Bonchev–Trinajstić information content (AvgIpc) is 3.06. The number of carbonyl (C=O) groups is 3. The molecule has 0 bridgehead atoms. The number of allylic oxidation sites excluding steroid dienone is 1. The molecule has 1 heterocycles. The van der Waals surface area contributed by atoms with Crippen LogP contribution < -0.4 is 5.32 Å². The molecule has 1 aliphatic heterocycles. The summed E-state index contributed by atoms with van der Waals surface area (Å²) in [6.45, 7) is 6.58. The lowest BCUT2D eigenvalue weighted by Crippen LogP contribution is -2.38. The summed E-state index contributed by atoms with van der Waals surface area (Å²) in [6.07, 6.45) is 0.922. The Kier molecular flexibility index (Phi) is 10.3. The Morgan fingerprint density at radius 3 is 2.16 bits per heavy atom. The maximum absolute atomic E-state index is 13.5. The standard InChI is InChI=1S/C39H40N2O4/c1-4-45-39(44)37-28(3)41(36(42)25-35(37)33-21-12-11-14-27(33)2)26-29-15-13-20-32(24-29)38(43)40-23-22-34(30-16-7-5-8-17-30)31-18-9-6-10-19-31/h5-21,24,34-35H,4,22-23,25-26H2,1-3H3,(H,40,43)/t35-/m0/s1. The third kappa shape index (κ3) is 7.40. The van der Waals surface area contributed by atoms with Gasteiger partial charge in [0.1, 0.15) is 0 Å². The molecule has 6 nitrogen and oxygen atoms in total. The van der Waals surface area contributed by atoms with Gasteiger partial charge in [0.05, 0.1) is 18.7 Å². The normalized spacial score (nSPS) is 14.9. The van der Waals surface area contributed by atoms with Crippen molar-refractivity contribution in [3.63, 3.8) is 0 Å². The molecule has 0 aromatic heterocycles. The van der Waals surface area contributed by atoms with E-state index in [0.29, 0.717) is 23.4 Å². The van der Waals surface area contributed by atoms with Crippen LogP contribution in [0.1, 0.15) is 76.7 Å². The fourth-order valence-corrected chi connectivity index (χ4v) is 6.24. The van der Waals surface area contributed by atoms with Crippen molar-refractivity contribution in [1.29, 1.82) is 0 Å². The molecule has 1 N–H and O–H groups in total. The van der Waals surface area contributed by atoms with Crippen LogP contribution in [0, 0.1) is 6.92 Å². The number of nitrogens with zero attached hydrogens (tertiary/aromatic N) is 1. The number of rotatable bonds is 11. The molecule has 0 aliphatic carbocycles. The maximum atomic E-state index is 13.5. The van der Waals surface area contributed by atoms with E-state index in [9.17, 15) is 14.4 Å². The minimum atomic E-state index is -0.404. The number of nitrogens with one attached hydrogen (secondary N) is 1. The van der Waals surface area contributed by atoms with Crippen LogP contribution in [0.25, 0.3) is 0 Å². The van der Waals surface area contributed by atoms with E-state index in [2.05, 4.69) is 29.6 Å². The SMILES string of the molecule is CCOC(=O)C1=C(C)N(Cc2cccc(C(=O)NCCC(c3ccccc3)c3ccccc3)c2)C(=O)C[C@H]1c1ccccc1C. The summed E-state index contributed by atoms with van der Waals surface area (Å²) < 4.78 is 5.45. The number of benzene rings is 4. The Bertz CT molecular complexity index is 1640. The first-order chi connectivity index (χ1) is 21.9. The van der Waals surface area contributed by atoms with Gasteiger partial charge in [-0.25, -0.2) is 4.79 Å². The third-order valence-electron chi connectivity index (χ3n) is 8.53. The Morgan fingerprint density at radius 1 is 0.867 bits per heavy atom. The Balaban J connectivity index is 1.31. The summed E-state index contributed by atoms with van der Waals surface area (Å²) in [7, 11) is 0. The van der Waals surface area contributed by atoms with Gasteiger partial charge in [-0.3, -0.25) is 9.59 Å². The van der Waals surface area contributed by atoms with Crippen LogP contribution in [0.15, 0.2) is 120 Å². The molecule has 1 aliphatic rings. The minimum Gasteiger partial charge on any atom is -0.463 e. The summed E-state index contributed by atoms with van der Waals surface area (Å²) in [4.78, 5) is 41.7. The molecule has 0 saturated carbocycles. The van der Waals surface area contributed by atoms with Gasteiger partial charge in [-0.2, -0.15) is 0 Å². The van der Waals surface area contributed by atoms with E-state index >= 15 is 0 Å². The molecular weight excluding hydrogens is 560 g/mol. The number of aryl methyl sites for hydroxylation is 1. The van der Waals surface area contributed by atoms with Crippen molar-refractivity contribution in [1.82, 2.24) is 10.2 Å². The monoisotopic (exact) mass is 600 g/mol. The zero-order valence-electron chi connectivity index (χ0n) is 26.2. The molecule has 0 spiro atoms. The first-order valence-electron chi connectivity index (χ1n) is 15.6. The lowest BCUT2D eigenvalue weighted by molar-refractivity contribution is -0.140. The highest BCUT2D eigenvalue weighted by Crippen LogP contribution is 2.39. The van der Waals surface area contributed by atoms with Gasteiger partial charge in [0.25, 0.3) is 5.91 Å². The van der Waals surface area contributed by atoms with Crippen molar-refractivity contribution < 1.29 is 19.1 Å². The van der Waals surface area contributed by atoms with Gasteiger partial charge in [0.15, 0.2) is 0 Å². The average molecular weight is 601 g/mol.